The second-order valence-corrected chi connectivity index (χ2v) is 5.49. The van der Waals surface area contributed by atoms with Crippen LogP contribution in [0.4, 0.5) is 0 Å². The van der Waals surface area contributed by atoms with Gasteiger partial charge in [0.15, 0.2) is 0 Å². The Bertz CT molecular complexity index is 389. The van der Waals surface area contributed by atoms with Gasteiger partial charge in [-0.15, -0.1) is 0 Å². The highest BCUT2D eigenvalue weighted by molar-refractivity contribution is 5.15. The fraction of sp³-hybridized carbons (Fsp3) is 0.667. The predicted octanol–water partition coefficient (Wildman–Crippen LogP) is 2.05. The van der Waals surface area contributed by atoms with Crippen molar-refractivity contribution < 1.29 is 4.74 Å². The number of nitrogens with zero attached hydrogens (tertiary/aromatic N) is 2. The largest absolute Gasteiger partial charge is 0.481 e. The van der Waals surface area contributed by atoms with Crippen molar-refractivity contribution in [3.63, 3.8) is 0 Å². The van der Waals surface area contributed by atoms with Crippen LogP contribution in [0.3, 0.4) is 0 Å². The van der Waals surface area contributed by atoms with Crippen molar-refractivity contribution in [1.82, 2.24) is 15.2 Å². The summed E-state index contributed by atoms with van der Waals surface area (Å²) in [6, 6.07) is 7.12. The van der Waals surface area contributed by atoms with Crippen molar-refractivity contribution in [3.05, 3.63) is 23.9 Å². The maximum atomic E-state index is 5.19. The number of nitrogens with one attached hydrogen (secondary N) is 1. The Hall–Kier alpha value is -1.13. The summed E-state index contributed by atoms with van der Waals surface area (Å²) in [7, 11) is 1.66. The molecule has 0 spiro atoms. The highest BCUT2D eigenvalue weighted by Crippen LogP contribution is 2.14. The van der Waals surface area contributed by atoms with Crippen LogP contribution in [0.1, 0.15) is 32.4 Å². The van der Waals surface area contributed by atoms with E-state index in [0.717, 1.165) is 25.3 Å². The summed E-state index contributed by atoms with van der Waals surface area (Å²) in [5.41, 5.74) is 1.08. The summed E-state index contributed by atoms with van der Waals surface area (Å²) in [6.07, 6.45) is 2.59. The van der Waals surface area contributed by atoms with Gasteiger partial charge in [-0.3, -0.25) is 4.90 Å². The molecular formula is C15H25N3O. The maximum absolute atomic E-state index is 5.19. The Labute approximate surface area is 116 Å². The molecule has 1 N–H and O–H groups in total. The number of aromatic nitrogens is 1. The van der Waals surface area contributed by atoms with Gasteiger partial charge in [0.2, 0.25) is 5.88 Å². The summed E-state index contributed by atoms with van der Waals surface area (Å²) < 4.78 is 5.19. The molecule has 4 nitrogen and oxygen atoms in total. The highest BCUT2D eigenvalue weighted by atomic mass is 16.5. The van der Waals surface area contributed by atoms with Gasteiger partial charge in [-0.2, -0.15) is 0 Å². The first-order chi connectivity index (χ1) is 9.19. The van der Waals surface area contributed by atoms with Gasteiger partial charge in [-0.1, -0.05) is 6.07 Å². The van der Waals surface area contributed by atoms with Crippen LogP contribution >= 0.6 is 0 Å². The molecule has 1 aromatic rings. The minimum absolute atomic E-state index is 0.524. The minimum Gasteiger partial charge on any atom is -0.481 e. The van der Waals surface area contributed by atoms with Crippen LogP contribution in [0.15, 0.2) is 18.2 Å². The van der Waals surface area contributed by atoms with Crippen molar-refractivity contribution in [2.24, 2.45) is 0 Å². The Morgan fingerprint density at radius 3 is 2.95 bits per heavy atom. The van der Waals surface area contributed by atoms with E-state index in [0.29, 0.717) is 18.0 Å². The third-order valence-corrected chi connectivity index (χ3v) is 3.70. The van der Waals surface area contributed by atoms with Gasteiger partial charge >= 0.3 is 0 Å². The second kappa shape index (κ2) is 6.87. The minimum atomic E-state index is 0.524. The lowest BCUT2D eigenvalue weighted by atomic mass is 10.2. The quantitative estimate of drug-likeness (QED) is 0.852. The Morgan fingerprint density at radius 2 is 2.32 bits per heavy atom. The van der Waals surface area contributed by atoms with E-state index in [1.807, 2.05) is 12.1 Å². The standard InChI is InChI=1S/C15H25N3O/c1-12(2)18(10-13-7-5-9-16-13)11-14-6-4-8-15(17-14)19-3/h4,6,8,12-13,16H,5,7,9-11H2,1-3H3. The fourth-order valence-electron chi connectivity index (χ4n) is 2.52. The van der Waals surface area contributed by atoms with Crippen molar-refractivity contribution in [1.29, 1.82) is 0 Å². The molecule has 2 rings (SSSR count). The third-order valence-electron chi connectivity index (χ3n) is 3.70. The number of methoxy groups -OCH3 is 1. The lowest BCUT2D eigenvalue weighted by Gasteiger charge is -2.29. The van der Waals surface area contributed by atoms with Gasteiger partial charge in [0, 0.05) is 31.2 Å². The summed E-state index contributed by atoms with van der Waals surface area (Å²) in [5, 5.41) is 3.56. The summed E-state index contributed by atoms with van der Waals surface area (Å²) in [5.74, 6) is 0.695. The summed E-state index contributed by atoms with van der Waals surface area (Å²) in [6.45, 7) is 7.63. The monoisotopic (exact) mass is 263 g/mol. The van der Waals surface area contributed by atoms with E-state index in [-0.39, 0.29) is 0 Å². The lowest BCUT2D eigenvalue weighted by Crippen LogP contribution is -2.40. The van der Waals surface area contributed by atoms with E-state index in [1.165, 1.54) is 12.8 Å². The van der Waals surface area contributed by atoms with Gasteiger partial charge in [-0.25, -0.2) is 4.98 Å². The molecule has 0 saturated carbocycles. The first-order valence-electron chi connectivity index (χ1n) is 7.16. The van der Waals surface area contributed by atoms with Crippen molar-refractivity contribution >= 4 is 0 Å². The molecule has 0 amide bonds. The Balaban J connectivity index is 1.98. The molecule has 1 aliphatic heterocycles. The fourth-order valence-corrected chi connectivity index (χ4v) is 2.52. The van der Waals surface area contributed by atoms with Crippen LogP contribution in [0.5, 0.6) is 5.88 Å². The molecule has 1 fully saturated rings. The molecule has 0 aliphatic carbocycles. The molecule has 0 radical (unpaired) electrons. The molecule has 0 aromatic carbocycles. The average Bonchev–Trinajstić information content (AvgIpc) is 2.91. The molecule has 106 valence electrons. The van der Waals surface area contributed by atoms with Crippen LogP contribution in [-0.2, 0) is 6.54 Å². The Morgan fingerprint density at radius 1 is 1.47 bits per heavy atom. The molecule has 1 saturated heterocycles. The summed E-state index contributed by atoms with van der Waals surface area (Å²) in [4.78, 5) is 6.98. The second-order valence-electron chi connectivity index (χ2n) is 5.49. The molecule has 19 heavy (non-hydrogen) atoms. The van der Waals surface area contributed by atoms with Crippen LogP contribution in [-0.4, -0.2) is 42.2 Å². The topological polar surface area (TPSA) is 37.4 Å². The van der Waals surface area contributed by atoms with E-state index in [4.69, 9.17) is 4.74 Å². The lowest BCUT2D eigenvalue weighted by molar-refractivity contribution is 0.191. The zero-order valence-electron chi connectivity index (χ0n) is 12.2. The number of ether oxygens (including phenoxy) is 1. The van der Waals surface area contributed by atoms with Gasteiger partial charge in [0.25, 0.3) is 0 Å². The first-order valence-corrected chi connectivity index (χ1v) is 7.16. The number of hydrogen-bond acceptors (Lipinski definition) is 4. The normalized spacial score (nSPS) is 19.3. The van der Waals surface area contributed by atoms with Crippen molar-refractivity contribution in [2.45, 2.75) is 45.3 Å². The molecule has 1 aliphatic rings. The van der Waals surface area contributed by atoms with Gasteiger partial charge in [0.1, 0.15) is 0 Å². The van der Waals surface area contributed by atoms with E-state index in [9.17, 15) is 0 Å². The third kappa shape index (κ3) is 4.18. The molecule has 1 aromatic heterocycles. The molecule has 1 unspecified atom stereocenters. The smallest absolute Gasteiger partial charge is 0.213 e. The van der Waals surface area contributed by atoms with Crippen LogP contribution in [0.2, 0.25) is 0 Å². The SMILES string of the molecule is COc1cccc(CN(CC2CCCN2)C(C)C)n1. The van der Waals surface area contributed by atoms with E-state index in [2.05, 4.69) is 35.1 Å². The number of pyridine rings is 1. The number of rotatable bonds is 6. The number of hydrogen-bond donors (Lipinski definition) is 1. The molecule has 2 heterocycles. The maximum Gasteiger partial charge on any atom is 0.213 e. The molecule has 4 heteroatoms. The van der Waals surface area contributed by atoms with Gasteiger partial charge < -0.3 is 10.1 Å². The van der Waals surface area contributed by atoms with Crippen molar-refractivity contribution in [2.75, 3.05) is 20.2 Å². The Kier molecular flexibility index (Phi) is 5.16. The molecule has 1 atom stereocenters. The zero-order chi connectivity index (χ0) is 13.7. The van der Waals surface area contributed by atoms with Gasteiger partial charge in [0.05, 0.1) is 12.8 Å². The first kappa shape index (κ1) is 14.3. The van der Waals surface area contributed by atoms with Crippen LogP contribution in [0.25, 0.3) is 0 Å². The summed E-state index contributed by atoms with van der Waals surface area (Å²) >= 11 is 0. The average molecular weight is 263 g/mol. The van der Waals surface area contributed by atoms with E-state index in [1.54, 1.807) is 7.11 Å². The van der Waals surface area contributed by atoms with Crippen LogP contribution < -0.4 is 10.1 Å². The van der Waals surface area contributed by atoms with E-state index >= 15 is 0 Å². The van der Waals surface area contributed by atoms with Crippen molar-refractivity contribution in [3.8, 4) is 5.88 Å². The predicted molar refractivity (Wildman–Crippen MR) is 77.4 cm³/mol. The van der Waals surface area contributed by atoms with Crippen LogP contribution in [0, 0.1) is 0 Å². The van der Waals surface area contributed by atoms with E-state index < -0.39 is 0 Å². The van der Waals surface area contributed by atoms with Gasteiger partial charge in [-0.05, 0) is 39.3 Å². The highest BCUT2D eigenvalue weighted by Gasteiger charge is 2.20. The zero-order valence-corrected chi connectivity index (χ0v) is 12.2. The molecule has 0 bridgehead atoms. The molecular weight excluding hydrogens is 238 g/mol.